The number of likely N-dealkylation sites (N-methyl/N-ethyl adjacent to an activating group) is 1. The molecular formula is C20H26ClN3O2. The summed E-state index contributed by atoms with van der Waals surface area (Å²) in [6.45, 7) is 2.00. The van der Waals surface area contributed by atoms with Gasteiger partial charge in [0, 0.05) is 37.9 Å². The number of carbonyl (C=O) groups excluding carboxylic acids is 1. The van der Waals surface area contributed by atoms with Crippen molar-refractivity contribution in [2.45, 2.75) is 6.54 Å². The van der Waals surface area contributed by atoms with E-state index in [0.29, 0.717) is 31.3 Å². The molecule has 0 saturated heterocycles. The van der Waals surface area contributed by atoms with Gasteiger partial charge in [-0.05, 0) is 42.9 Å². The van der Waals surface area contributed by atoms with Gasteiger partial charge in [0.1, 0.15) is 12.4 Å². The van der Waals surface area contributed by atoms with Crippen LogP contribution in [0.25, 0.3) is 0 Å². The first-order valence-corrected chi connectivity index (χ1v) is 8.91. The SMILES string of the molecule is CN(CCOc1cccc(Cl)c1)CC(=O)NCc1ccc(N(C)C)cc1. The molecule has 1 N–H and O–H groups in total. The van der Waals surface area contributed by atoms with Gasteiger partial charge in [-0.2, -0.15) is 0 Å². The number of hydrogen-bond donors (Lipinski definition) is 1. The first-order valence-electron chi connectivity index (χ1n) is 8.54. The van der Waals surface area contributed by atoms with Crippen molar-refractivity contribution >= 4 is 23.2 Å². The van der Waals surface area contributed by atoms with Crippen LogP contribution in [0.2, 0.25) is 5.02 Å². The van der Waals surface area contributed by atoms with E-state index in [1.165, 1.54) is 0 Å². The number of rotatable bonds is 9. The fourth-order valence-electron chi connectivity index (χ4n) is 2.37. The molecule has 0 heterocycles. The van der Waals surface area contributed by atoms with Gasteiger partial charge < -0.3 is 15.0 Å². The van der Waals surface area contributed by atoms with Crippen molar-refractivity contribution in [1.82, 2.24) is 10.2 Å². The normalized spacial score (nSPS) is 10.7. The Bertz CT molecular complexity index is 704. The topological polar surface area (TPSA) is 44.8 Å². The lowest BCUT2D eigenvalue weighted by Crippen LogP contribution is -2.36. The van der Waals surface area contributed by atoms with Crippen LogP contribution in [0.3, 0.4) is 0 Å². The molecule has 0 saturated carbocycles. The highest BCUT2D eigenvalue weighted by atomic mass is 35.5. The fraction of sp³-hybridized carbons (Fsp3) is 0.350. The van der Waals surface area contributed by atoms with Crippen molar-refractivity contribution in [3.8, 4) is 5.75 Å². The zero-order chi connectivity index (χ0) is 18.9. The smallest absolute Gasteiger partial charge is 0.234 e. The van der Waals surface area contributed by atoms with E-state index in [4.69, 9.17) is 16.3 Å². The van der Waals surface area contributed by atoms with Gasteiger partial charge in [-0.3, -0.25) is 9.69 Å². The maximum absolute atomic E-state index is 12.1. The van der Waals surface area contributed by atoms with Gasteiger partial charge in [0.25, 0.3) is 0 Å². The molecule has 5 nitrogen and oxygen atoms in total. The second-order valence-corrected chi connectivity index (χ2v) is 6.82. The second-order valence-electron chi connectivity index (χ2n) is 6.38. The number of halogens is 1. The molecular weight excluding hydrogens is 350 g/mol. The Labute approximate surface area is 160 Å². The summed E-state index contributed by atoms with van der Waals surface area (Å²) < 4.78 is 5.64. The lowest BCUT2D eigenvalue weighted by molar-refractivity contribution is -0.122. The highest BCUT2D eigenvalue weighted by molar-refractivity contribution is 6.30. The molecule has 0 spiro atoms. The van der Waals surface area contributed by atoms with E-state index >= 15 is 0 Å². The molecule has 0 aliphatic rings. The third-order valence-electron chi connectivity index (χ3n) is 3.89. The molecule has 0 unspecified atom stereocenters. The Morgan fingerprint density at radius 3 is 2.50 bits per heavy atom. The number of nitrogens with zero attached hydrogens (tertiary/aromatic N) is 2. The molecule has 1 amide bonds. The summed E-state index contributed by atoms with van der Waals surface area (Å²) in [6, 6.07) is 15.4. The Balaban J connectivity index is 1.66. The number of hydrogen-bond acceptors (Lipinski definition) is 4. The number of nitrogens with one attached hydrogen (secondary N) is 1. The summed E-state index contributed by atoms with van der Waals surface area (Å²) in [4.78, 5) is 16.0. The zero-order valence-corrected chi connectivity index (χ0v) is 16.3. The Kier molecular flexibility index (Phi) is 7.75. The summed E-state index contributed by atoms with van der Waals surface area (Å²) in [7, 11) is 5.90. The molecule has 0 aliphatic carbocycles. The summed E-state index contributed by atoms with van der Waals surface area (Å²) >= 11 is 5.92. The third-order valence-corrected chi connectivity index (χ3v) is 4.13. The molecule has 2 aromatic rings. The van der Waals surface area contributed by atoms with Crippen molar-refractivity contribution in [2.24, 2.45) is 0 Å². The molecule has 140 valence electrons. The Morgan fingerprint density at radius 2 is 1.85 bits per heavy atom. The first-order chi connectivity index (χ1) is 12.4. The largest absolute Gasteiger partial charge is 0.492 e. The summed E-state index contributed by atoms with van der Waals surface area (Å²) in [5, 5.41) is 3.59. The minimum atomic E-state index is -0.00746. The monoisotopic (exact) mass is 375 g/mol. The van der Waals surface area contributed by atoms with Gasteiger partial charge in [0.15, 0.2) is 0 Å². The number of ether oxygens (including phenoxy) is 1. The number of amides is 1. The van der Waals surface area contributed by atoms with Gasteiger partial charge in [0.2, 0.25) is 5.91 Å². The first kappa shape index (κ1) is 20.1. The maximum atomic E-state index is 12.1. The fourth-order valence-corrected chi connectivity index (χ4v) is 2.55. The highest BCUT2D eigenvalue weighted by Crippen LogP contribution is 2.16. The summed E-state index contributed by atoms with van der Waals surface area (Å²) in [5.74, 6) is 0.725. The Morgan fingerprint density at radius 1 is 1.12 bits per heavy atom. The lowest BCUT2D eigenvalue weighted by Gasteiger charge is -2.17. The van der Waals surface area contributed by atoms with Crippen LogP contribution < -0.4 is 15.0 Å². The van der Waals surface area contributed by atoms with Crippen LogP contribution in [0.4, 0.5) is 5.69 Å². The molecule has 0 atom stereocenters. The standard InChI is InChI=1S/C20H26ClN3O2/c1-23(2)18-9-7-16(8-10-18)14-22-20(25)15-24(3)11-12-26-19-6-4-5-17(21)13-19/h4-10,13H,11-12,14-15H2,1-3H3,(H,22,25). The Hall–Kier alpha value is -2.24. The van der Waals surface area contributed by atoms with Crippen LogP contribution in [0.5, 0.6) is 5.75 Å². The predicted molar refractivity (Wildman–Crippen MR) is 107 cm³/mol. The van der Waals surface area contributed by atoms with Gasteiger partial charge >= 0.3 is 0 Å². The molecule has 2 aromatic carbocycles. The van der Waals surface area contributed by atoms with Gasteiger partial charge in [-0.1, -0.05) is 29.8 Å². The van der Waals surface area contributed by atoms with E-state index in [-0.39, 0.29) is 5.91 Å². The second kappa shape index (κ2) is 10.0. The van der Waals surface area contributed by atoms with Crippen LogP contribution in [-0.4, -0.2) is 51.6 Å². The third kappa shape index (κ3) is 6.94. The molecule has 0 aliphatic heterocycles. The predicted octanol–water partition coefficient (Wildman–Crippen LogP) is 3.03. The average Bonchev–Trinajstić information content (AvgIpc) is 2.60. The lowest BCUT2D eigenvalue weighted by atomic mass is 10.2. The minimum Gasteiger partial charge on any atom is -0.492 e. The van der Waals surface area contributed by atoms with Crippen molar-refractivity contribution in [2.75, 3.05) is 45.7 Å². The zero-order valence-electron chi connectivity index (χ0n) is 15.5. The van der Waals surface area contributed by atoms with Crippen molar-refractivity contribution < 1.29 is 9.53 Å². The van der Waals surface area contributed by atoms with Crippen LogP contribution >= 0.6 is 11.6 Å². The molecule has 0 aromatic heterocycles. The minimum absolute atomic E-state index is 0.00746. The molecule has 26 heavy (non-hydrogen) atoms. The molecule has 0 fully saturated rings. The van der Waals surface area contributed by atoms with Crippen LogP contribution in [-0.2, 0) is 11.3 Å². The van der Waals surface area contributed by atoms with Crippen LogP contribution in [0.1, 0.15) is 5.56 Å². The number of benzene rings is 2. The van der Waals surface area contributed by atoms with E-state index in [2.05, 4.69) is 5.32 Å². The number of anilines is 1. The van der Waals surface area contributed by atoms with E-state index in [1.807, 2.05) is 67.3 Å². The maximum Gasteiger partial charge on any atom is 0.234 e. The van der Waals surface area contributed by atoms with E-state index in [1.54, 1.807) is 12.1 Å². The van der Waals surface area contributed by atoms with Gasteiger partial charge in [-0.15, -0.1) is 0 Å². The molecule has 0 bridgehead atoms. The summed E-state index contributed by atoms with van der Waals surface area (Å²) in [5.41, 5.74) is 2.22. The van der Waals surface area contributed by atoms with Crippen molar-refractivity contribution in [3.05, 3.63) is 59.1 Å². The van der Waals surface area contributed by atoms with E-state index in [0.717, 1.165) is 17.0 Å². The van der Waals surface area contributed by atoms with Crippen LogP contribution in [0.15, 0.2) is 48.5 Å². The van der Waals surface area contributed by atoms with Crippen molar-refractivity contribution in [1.29, 1.82) is 0 Å². The quantitative estimate of drug-likeness (QED) is 0.731. The molecule has 0 radical (unpaired) electrons. The summed E-state index contributed by atoms with van der Waals surface area (Å²) in [6.07, 6.45) is 0. The average molecular weight is 376 g/mol. The number of carbonyl (C=O) groups is 1. The van der Waals surface area contributed by atoms with Crippen LogP contribution in [0, 0.1) is 0 Å². The van der Waals surface area contributed by atoms with Gasteiger partial charge in [-0.25, -0.2) is 0 Å². The van der Waals surface area contributed by atoms with E-state index < -0.39 is 0 Å². The van der Waals surface area contributed by atoms with Crippen molar-refractivity contribution in [3.63, 3.8) is 0 Å². The van der Waals surface area contributed by atoms with E-state index in [9.17, 15) is 4.79 Å². The van der Waals surface area contributed by atoms with Gasteiger partial charge in [0.05, 0.1) is 6.54 Å². The molecule has 2 rings (SSSR count). The highest BCUT2D eigenvalue weighted by Gasteiger charge is 2.07. The molecule has 6 heteroatoms.